The van der Waals surface area contributed by atoms with Gasteiger partial charge in [0.25, 0.3) is 5.91 Å². The zero-order valence-corrected chi connectivity index (χ0v) is 18.8. The van der Waals surface area contributed by atoms with Crippen molar-refractivity contribution in [1.29, 1.82) is 0 Å². The first-order chi connectivity index (χ1) is 13.9. The van der Waals surface area contributed by atoms with Crippen LogP contribution in [-0.2, 0) is 13.0 Å². The van der Waals surface area contributed by atoms with Crippen molar-refractivity contribution in [2.45, 2.75) is 40.7 Å². The second kappa shape index (κ2) is 9.23. The van der Waals surface area contributed by atoms with E-state index in [0.717, 1.165) is 34.5 Å². The fourth-order valence-corrected chi connectivity index (χ4v) is 3.71. The zero-order chi connectivity index (χ0) is 21.0. The predicted octanol–water partition coefficient (Wildman–Crippen LogP) is 6.16. The van der Waals surface area contributed by atoms with Gasteiger partial charge in [0, 0.05) is 5.69 Å². The lowest BCUT2D eigenvalue weighted by Crippen LogP contribution is -2.18. The molecule has 29 heavy (non-hydrogen) atoms. The highest BCUT2D eigenvalue weighted by Gasteiger charge is 2.23. The molecule has 1 heterocycles. The Morgan fingerprint density at radius 3 is 2.45 bits per heavy atom. The number of aryl methyl sites for hydroxylation is 4. The minimum Gasteiger partial charge on any atom is -0.487 e. The molecule has 0 radical (unpaired) electrons. The van der Waals surface area contributed by atoms with E-state index in [1.165, 1.54) is 0 Å². The Kier molecular flexibility index (Phi) is 6.70. The first-order valence-electron chi connectivity index (χ1n) is 9.65. The maximum absolute atomic E-state index is 13.3. The smallest absolute Gasteiger partial charge is 0.261 e. The molecule has 0 aliphatic rings. The Bertz CT molecular complexity index is 1030. The maximum atomic E-state index is 13.3. The number of para-hydroxylation sites is 1. The SMILES string of the molecule is CCc1cccc(C)c1NC(=O)c1c(C)nc(C)c(Br)c1OCc1ccccc1. The molecule has 2 aromatic carbocycles. The lowest BCUT2D eigenvalue weighted by Gasteiger charge is -2.18. The van der Waals surface area contributed by atoms with Gasteiger partial charge in [-0.05, 0) is 59.8 Å². The Morgan fingerprint density at radius 1 is 1.03 bits per heavy atom. The number of benzene rings is 2. The number of pyridine rings is 1. The second-order valence-corrected chi connectivity index (χ2v) is 7.78. The molecule has 3 rings (SSSR count). The van der Waals surface area contributed by atoms with Crippen LogP contribution in [0.5, 0.6) is 5.75 Å². The molecule has 0 fully saturated rings. The van der Waals surface area contributed by atoms with Gasteiger partial charge in [0.15, 0.2) is 0 Å². The molecule has 5 heteroatoms. The number of amides is 1. The molecule has 0 aliphatic heterocycles. The van der Waals surface area contributed by atoms with E-state index >= 15 is 0 Å². The van der Waals surface area contributed by atoms with E-state index in [9.17, 15) is 4.79 Å². The van der Waals surface area contributed by atoms with Gasteiger partial charge in [0.2, 0.25) is 0 Å². The fraction of sp³-hybridized carbons (Fsp3) is 0.250. The molecule has 1 N–H and O–H groups in total. The number of anilines is 1. The number of nitrogens with zero attached hydrogens (tertiary/aromatic N) is 1. The van der Waals surface area contributed by atoms with Crippen molar-refractivity contribution < 1.29 is 9.53 Å². The highest BCUT2D eigenvalue weighted by Crippen LogP contribution is 2.35. The van der Waals surface area contributed by atoms with Crippen LogP contribution in [0.4, 0.5) is 5.69 Å². The van der Waals surface area contributed by atoms with Gasteiger partial charge in [-0.15, -0.1) is 0 Å². The maximum Gasteiger partial charge on any atom is 0.261 e. The normalized spacial score (nSPS) is 10.7. The third-order valence-corrected chi connectivity index (χ3v) is 5.81. The molecule has 0 bridgehead atoms. The number of halogens is 1. The summed E-state index contributed by atoms with van der Waals surface area (Å²) in [6.45, 7) is 8.17. The molecule has 0 saturated heterocycles. The molecule has 0 aliphatic carbocycles. The molecule has 0 saturated carbocycles. The molecule has 0 unspecified atom stereocenters. The number of ether oxygens (including phenoxy) is 1. The lowest BCUT2D eigenvalue weighted by atomic mass is 10.0. The van der Waals surface area contributed by atoms with Crippen LogP contribution < -0.4 is 10.1 Å². The molecule has 0 spiro atoms. The fourth-order valence-electron chi connectivity index (χ4n) is 3.31. The van der Waals surface area contributed by atoms with Crippen molar-refractivity contribution in [2.24, 2.45) is 0 Å². The van der Waals surface area contributed by atoms with Gasteiger partial charge in [-0.25, -0.2) is 0 Å². The monoisotopic (exact) mass is 452 g/mol. The van der Waals surface area contributed by atoms with Gasteiger partial charge in [-0.2, -0.15) is 0 Å². The number of rotatable bonds is 6. The molecule has 150 valence electrons. The van der Waals surface area contributed by atoms with Gasteiger partial charge in [-0.3, -0.25) is 9.78 Å². The molecule has 1 amide bonds. The van der Waals surface area contributed by atoms with Crippen molar-refractivity contribution in [3.8, 4) is 5.75 Å². The lowest BCUT2D eigenvalue weighted by molar-refractivity contribution is 0.102. The van der Waals surface area contributed by atoms with E-state index in [-0.39, 0.29) is 5.91 Å². The summed E-state index contributed by atoms with van der Waals surface area (Å²) in [6, 6.07) is 15.9. The van der Waals surface area contributed by atoms with Crippen LogP contribution in [0, 0.1) is 20.8 Å². The van der Waals surface area contributed by atoms with E-state index in [0.29, 0.717) is 28.1 Å². The van der Waals surface area contributed by atoms with E-state index in [4.69, 9.17) is 4.74 Å². The van der Waals surface area contributed by atoms with Crippen LogP contribution in [0.1, 0.15) is 45.4 Å². The molecule has 0 atom stereocenters. The number of aromatic nitrogens is 1. The summed E-state index contributed by atoms with van der Waals surface area (Å²) in [5.74, 6) is 0.297. The number of hydrogen-bond acceptors (Lipinski definition) is 3. The van der Waals surface area contributed by atoms with Crippen LogP contribution in [0.3, 0.4) is 0 Å². The summed E-state index contributed by atoms with van der Waals surface area (Å²) in [7, 11) is 0. The van der Waals surface area contributed by atoms with Crippen molar-refractivity contribution in [3.05, 3.63) is 86.6 Å². The number of carbonyl (C=O) groups excluding carboxylic acids is 1. The summed E-state index contributed by atoms with van der Waals surface area (Å²) in [5.41, 5.74) is 5.88. The average Bonchev–Trinajstić information content (AvgIpc) is 2.71. The van der Waals surface area contributed by atoms with Gasteiger partial charge >= 0.3 is 0 Å². The summed E-state index contributed by atoms with van der Waals surface area (Å²) in [4.78, 5) is 17.8. The van der Waals surface area contributed by atoms with Crippen LogP contribution in [-0.4, -0.2) is 10.9 Å². The first-order valence-corrected chi connectivity index (χ1v) is 10.4. The third kappa shape index (κ3) is 4.67. The Hall–Kier alpha value is -2.66. The van der Waals surface area contributed by atoms with E-state index in [1.54, 1.807) is 0 Å². The standard InChI is InChI=1S/C24H25BrN2O2/c1-5-19-13-9-10-15(2)22(19)27-24(28)20-16(3)26-17(4)21(25)23(20)29-14-18-11-7-6-8-12-18/h6-13H,5,14H2,1-4H3,(H,27,28). The number of hydrogen-bond donors (Lipinski definition) is 1. The van der Waals surface area contributed by atoms with Crippen molar-refractivity contribution in [3.63, 3.8) is 0 Å². The number of carbonyl (C=O) groups is 1. The Morgan fingerprint density at radius 2 is 1.76 bits per heavy atom. The van der Waals surface area contributed by atoms with Crippen LogP contribution in [0.2, 0.25) is 0 Å². The second-order valence-electron chi connectivity index (χ2n) is 6.99. The summed E-state index contributed by atoms with van der Waals surface area (Å²) < 4.78 is 6.81. The largest absolute Gasteiger partial charge is 0.487 e. The van der Waals surface area contributed by atoms with E-state index in [2.05, 4.69) is 33.2 Å². The highest BCUT2D eigenvalue weighted by molar-refractivity contribution is 9.10. The average molecular weight is 453 g/mol. The summed E-state index contributed by atoms with van der Waals surface area (Å²) >= 11 is 3.57. The van der Waals surface area contributed by atoms with Crippen LogP contribution in [0.25, 0.3) is 0 Å². The quantitative estimate of drug-likeness (QED) is 0.486. The van der Waals surface area contributed by atoms with Crippen molar-refractivity contribution in [1.82, 2.24) is 4.98 Å². The molecular weight excluding hydrogens is 428 g/mol. The minimum atomic E-state index is -0.220. The Labute approximate surface area is 180 Å². The minimum absolute atomic E-state index is 0.220. The van der Waals surface area contributed by atoms with E-state index in [1.807, 2.05) is 69.3 Å². The van der Waals surface area contributed by atoms with Gasteiger partial charge in [-0.1, -0.05) is 55.5 Å². The summed E-state index contributed by atoms with van der Waals surface area (Å²) in [5, 5.41) is 3.09. The predicted molar refractivity (Wildman–Crippen MR) is 121 cm³/mol. The van der Waals surface area contributed by atoms with Crippen LogP contribution >= 0.6 is 15.9 Å². The molecule has 4 nitrogen and oxygen atoms in total. The molecular formula is C24H25BrN2O2. The summed E-state index contributed by atoms with van der Waals surface area (Å²) in [6.07, 6.45) is 0.837. The zero-order valence-electron chi connectivity index (χ0n) is 17.2. The van der Waals surface area contributed by atoms with Crippen molar-refractivity contribution >= 4 is 27.5 Å². The van der Waals surface area contributed by atoms with Gasteiger partial charge in [0.05, 0.1) is 15.9 Å². The van der Waals surface area contributed by atoms with Crippen molar-refractivity contribution in [2.75, 3.05) is 5.32 Å². The number of nitrogens with one attached hydrogen (secondary N) is 1. The van der Waals surface area contributed by atoms with Gasteiger partial charge in [0.1, 0.15) is 17.9 Å². The molecule has 1 aromatic heterocycles. The molecule has 3 aromatic rings. The highest BCUT2D eigenvalue weighted by atomic mass is 79.9. The van der Waals surface area contributed by atoms with Gasteiger partial charge < -0.3 is 10.1 Å². The van der Waals surface area contributed by atoms with E-state index < -0.39 is 0 Å². The first kappa shape index (κ1) is 21.1. The topological polar surface area (TPSA) is 51.2 Å². The Balaban J connectivity index is 1.98. The van der Waals surface area contributed by atoms with Crippen LogP contribution in [0.15, 0.2) is 53.0 Å². The third-order valence-electron chi connectivity index (χ3n) is 4.87.